The Hall–Kier alpha value is -0.920. The largest absolute Gasteiger partial charge is 0.349 e. The van der Waals surface area contributed by atoms with E-state index in [1.165, 1.54) is 31.0 Å². The third kappa shape index (κ3) is 4.52. The second-order valence-corrected chi connectivity index (χ2v) is 7.76. The number of benzene rings is 1. The molecule has 5 nitrogen and oxygen atoms in total. The smallest absolute Gasteiger partial charge is 0.252 e. The number of halogens is 1. The van der Waals surface area contributed by atoms with Gasteiger partial charge in [0.1, 0.15) is 0 Å². The second kappa shape index (κ2) is 6.89. The normalized spacial score (nSPS) is 17.2. The maximum atomic E-state index is 12.3. The molecule has 0 spiro atoms. The van der Waals surface area contributed by atoms with Crippen LogP contribution in [-0.2, 0) is 10.0 Å². The molecule has 1 aliphatic rings. The minimum atomic E-state index is -3.82. The van der Waals surface area contributed by atoms with Crippen LogP contribution in [0.4, 0.5) is 0 Å². The van der Waals surface area contributed by atoms with Crippen LogP contribution in [0, 0.1) is 0 Å². The zero-order valence-corrected chi connectivity index (χ0v) is 14.0. The van der Waals surface area contributed by atoms with Crippen molar-refractivity contribution in [2.24, 2.45) is 5.14 Å². The standard InChI is InChI=1S/C14H19BrN2O3S/c15-13-8-7-11(21(16,19)20)9-12(13)14(18)17-10-5-3-1-2-4-6-10/h7-10H,1-6H2,(H,17,18)(H2,16,19,20). The van der Waals surface area contributed by atoms with Crippen LogP contribution in [0.3, 0.4) is 0 Å². The van der Waals surface area contributed by atoms with Crippen LogP contribution in [0.5, 0.6) is 0 Å². The van der Waals surface area contributed by atoms with E-state index < -0.39 is 10.0 Å². The molecular weight excluding hydrogens is 356 g/mol. The van der Waals surface area contributed by atoms with Gasteiger partial charge in [0.15, 0.2) is 0 Å². The third-order valence-electron chi connectivity index (χ3n) is 3.70. The molecule has 0 heterocycles. The summed E-state index contributed by atoms with van der Waals surface area (Å²) in [5.41, 5.74) is 0.297. The fourth-order valence-corrected chi connectivity index (χ4v) is 3.51. The Kier molecular flexibility index (Phi) is 5.40. The van der Waals surface area contributed by atoms with Crippen LogP contribution in [0.15, 0.2) is 27.6 Å². The monoisotopic (exact) mass is 374 g/mol. The summed E-state index contributed by atoms with van der Waals surface area (Å²) in [4.78, 5) is 12.3. The Balaban J connectivity index is 2.18. The summed E-state index contributed by atoms with van der Waals surface area (Å²) >= 11 is 3.28. The zero-order chi connectivity index (χ0) is 15.5. The topological polar surface area (TPSA) is 89.3 Å². The van der Waals surface area contributed by atoms with Crippen LogP contribution in [0.25, 0.3) is 0 Å². The summed E-state index contributed by atoms with van der Waals surface area (Å²) in [7, 11) is -3.82. The van der Waals surface area contributed by atoms with Crippen molar-refractivity contribution in [3.05, 3.63) is 28.2 Å². The summed E-state index contributed by atoms with van der Waals surface area (Å²) in [6, 6.07) is 4.37. The lowest BCUT2D eigenvalue weighted by atomic mass is 10.1. The molecule has 1 fully saturated rings. The van der Waals surface area contributed by atoms with E-state index in [9.17, 15) is 13.2 Å². The lowest BCUT2D eigenvalue weighted by molar-refractivity contribution is 0.0932. The highest BCUT2D eigenvalue weighted by molar-refractivity contribution is 9.10. The molecule has 0 bridgehead atoms. The molecule has 0 atom stereocenters. The van der Waals surface area contributed by atoms with Crippen LogP contribution in [0.1, 0.15) is 48.9 Å². The summed E-state index contributed by atoms with van der Waals surface area (Å²) < 4.78 is 23.3. The van der Waals surface area contributed by atoms with Crippen molar-refractivity contribution in [1.82, 2.24) is 5.32 Å². The van der Waals surface area contributed by atoms with Gasteiger partial charge in [-0.05, 0) is 47.0 Å². The summed E-state index contributed by atoms with van der Waals surface area (Å²) in [5.74, 6) is -0.265. The average Bonchev–Trinajstić information content (AvgIpc) is 2.66. The van der Waals surface area contributed by atoms with E-state index in [0.29, 0.717) is 10.0 Å². The van der Waals surface area contributed by atoms with Gasteiger partial charge in [-0.15, -0.1) is 0 Å². The molecule has 1 aliphatic carbocycles. The van der Waals surface area contributed by atoms with Gasteiger partial charge in [0.05, 0.1) is 10.5 Å². The van der Waals surface area contributed by atoms with Crippen molar-refractivity contribution in [2.45, 2.75) is 49.5 Å². The number of carbonyl (C=O) groups excluding carboxylic acids is 1. The molecule has 1 saturated carbocycles. The zero-order valence-electron chi connectivity index (χ0n) is 11.6. The number of nitrogens with one attached hydrogen (secondary N) is 1. The Bertz CT molecular complexity index is 623. The van der Waals surface area contributed by atoms with Gasteiger partial charge >= 0.3 is 0 Å². The molecule has 0 radical (unpaired) electrons. The molecule has 0 aliphatic heterocycles. The molecule has 1 aromatic rings. The summed E-state index contributed by atoms with van der Waals surface area (Å²) in [5, 5.41) is 8.10. The minimum Gasteiger partial charge on any atom is -0.349 e. The van der Waals surface area contributed by atoms with E-state index in [2.05, 4.69) is 21.2 Å². The molecule has 21 heavy (non-hydrogen) atoms. The fourth-order valence-electron chi connectivity index (χ4n) is 2.54. The highest BCUT2D eigenvalue weighted by Crippen LogP contribution is 2.22. The molecule has 1 aromatic carbocycles. The molecule has 1 amide bonds. The second-order valence-electron chi connectivity index (χ2n) is 5.35. The molecule has 0 unspecified atom stereocenters. The van der Waals surface area contributed by atoms with Crippen molar-refractivity contribution in [3.8, 4) is 0 Å². The first kappa shape index (κ1) is 16.5. The molecule has 3 N–H and O–H groups in total. The summed E-state index contributed by atoms with van der Waals surface area (Å²) in [6.45, 7) is 0. The Labute approximate surface area is 133 Å². The number of amides is 1. The van der Waals surface area contributed by atoms with Crippen molar-refractivity contribution >= 4 is 31.9 Å². The van der Waals surface area contributed by atoms with E-state index in [4.69, 9.17) is 5.14 Å². The van der Waals surface area contributed by atoms with Gasteiger partial charge < -0.3 is 5.32 Å². The number of carbonyl (C=O) groups is 1. The van der Waals surface area contributed by atoms with Gasteiger partial charge in [-0.25, -0.2) is 13.6 Å². The van der Waals surface area contributed by atoms with E-state index in [0.717, 1.165) is 25.7 Å². The van der Waals surface area contributed by atoms with Crippen molar-refractivity contribution in [2.75, 3.05) is 0 Å². The van der Waals surface area contributed by atoms with E-state index in [-0.39, 0.29) is 16.8 Å². The highest BCUT2D eigenvalue weighted by Gasteiger charge is 2.19. The number of hydrogen-bond donors (Lipinski definition) is 2. The highest BCUT2D eigenvalue weighted by atomic mass is 79.9. The number of nitrogens with two attached hydrogens (primary N) is 1. The Morgan fingerprint density at radius 2 is 1.81 bits per heavy atom. The Morgan fingerprint density at radius 3 is 2.38 bits per heavy atom. The van der Waals surface area contributed by atoms with Gasteiger partial charge in [-0.1, -0.05) is 25.7 Å². The van der Waals surface area contributed by atoms with Crippen LogP contribution >= 0.6 is 15.9 Å². The van der Waals surface area contributed by atoms with Gasteiger partial charge in [0.2, 0.25) is 10.0 Å². The predicted molar refractivity (Wildman–Crippen MR) is 84.5 cm³/mol. The Morgan fingerprint density at radius 1 is 1.19 bits per heavy atom. The maximum Gasteiger partial charge on any atom is 0.252 e. The van der Waals surface area contributed by atoms with E-state index in [1.54, 1.807) is 0 Å². The number of rotatable bonds is 3. The number of sulfonamides is 1. The van der Waals surface area contributed by atoms with E-state index >= 15 is 0 Å². The van der Waals surface area contributed by atoms with Crippen molar-refractivity contribution in [1.29, 1.82) is 0 Å². The quantitative estimate of drug-likeness (QED) is 0.796. The first-order chi connectivity index (χ1) is 9.88. The third-order valence-corrected chi connectivity index (χ3v) is 5.30. The van der Waals surface area contributed by atoms with Crippen LogP contribution < -0.4 is 10.5 Å². The molecule has 116 valence electrons. The summed E-state index contributed by atoms with van der Waals surface area (Å²) in [6.07, 6.45) is 6.58. The van der Waals surface area contributed by atoms with Crippen LogP contribution in [-0.4, -0.2) is 20.4 Å². The van der Waals surface area contributed by atoms with Gasteiger partial charge in [0, 0.05) is 10.5 Å². The maximum absolute atomic E-state index is 12.3. The van der Waals surface area contributed by atoms with E-state index in [1.807, 2.05) is 0 Å². The fraction of sp³-hybridized carbons (Fsp3) is 0.500. The average molecular weight is 375 g/mol. The van der Waals surface area contributed by atoms with Gasteiger partial charge in [0.25, 0.3) is 5.91 Å². The van der Waals surface area contributed by atoms with Gasteiger partial charge in [-0.2, -0.15) is 0 Å². The lowest BCUT2D eigenvalue weighted by Crippen LogP contribution is -2.34. The number of primary sulfonamides is 1. The lowest BCUT2D eigenvalue weighted by Gasteiger charge is -2.17. The molecule has 0 aromatic heterocycles. The number of hydrogen-bond acceptors (Lipinski definition) is 3. The first-order valence-corrected chi connectivity index (χ1v) is 9.35. The molecular formula is C14H19BrN2O3S. The van der Waals surface area contributed by atoms with Crippen molar-refractivity contribution in [3.63, 3.8) is 0 Å². The molecule has 2 rings (SSSR count). The van der Waals surface area contributed by atoms with Crippen LogP contribution in [0.2, 0.25) is 0 Å². The predicted octanol–water partition coefficient (Wildman–Crippen LogP) is 2.55. The van der Waals surface area contributed by atoms with Gasteiger partial charge in [-0.3, -0.25) is 4.79 Å². The first-order valence-electron chi connectivity index (χ1n) is 7.01. The van der Waals surface area contributed by atoms with Crippen molar-refractivity contribution < 1.29 is 13.2 Å². The molecule has 7 heteroatoms. The SMILES string of the molecule is NS(=O)(=O)c1ccc(Br)c(C(=O)NC2CCCCCC2)c1. The minimum absolute atomic E-state index is 0.0586. The molecule has 0 saturated heterocycles.